The second-order valence-electron chi connectivity index (χ2n) is 6.79. The third-order valence-corrected chi connectivity index (χ3v) is 6.71. The van der Waals surface area contributed by atoms with Crippen LogP contribution >= 0.6 is 0 Å². The van der Waals surface area contributed by atoms with Gasteiger partial charge in [0.25, 0.3) is 5.91 Å². The third kappa shape index (κ3) is 4.73. The van der Waals surface area contributed by atoms with Crippen molar-refractivity contribution in [3.63, 3.8) is 0 Å². The molecule has 27 heavy (non-hydrogen) atoms. The maximum absolute atomic E-state index is 12.8. The van der Waals surface area contributed by atoms with E-state index in [4.69, 9.17) is 0 Å². The standard InChI is InChI=1S/C20H25N3O3S/c1-16(19-8-4-5-13-21-19)22-20(24)17-9-11-18(12-10-17)27(25,26)23-14-6-2-3-7-15-23/h4-5,8-13,16H,2-3,6-7,14-15H2,1H3,(H,22,24). The predicted octanol–water partition coefficient (Wildman–Crippen LogP) is 3.14. The second kappa shape index (κ2) is 8.63. The van der Waals surface area contributed by atoms with Crippen LogP contribution in [0.15, 0.2) is 53.6 Å². The number of benzene rings is 1. The molecule has 6 nitrogen and oxygen atoms in total. The molecule has 144 valence electrons. The highest BCUT2D eigenvalue weighted by molar-refractivity contribution is 7.89. The van der Waals surface area contributed by atoms with Crippen molar-refractivity contribution in [1.29, 1.82) is 0 Å². The Balaban J connectivity index is 1.70. The van der Waals surface area contributed by atoms with E-state index in [1.54, 1.807) is 22.6 Å². The van der Waals surface area contributed by atoms with Crippen LogP contribution < -0.4 is 5.32 Å². The topological polar surface area (TPSA) is 79.4 Å². The molecule has 1 atom stereocenters. The first-order valence-electron chi connectivity index (χ1n) is 9.30. The van der Waals surface area contributed by atoms with Crippen molar-refractivity contribution in [3.8, 4) is 0 Å². The second-order valence-corrected chi connectivity index (χ2v) is 8.73. The fourth-order valence-corrected chi connectivity index (χ4v) is 4.71. The first-order valence-corrected chi connectivity index (χ1v) is 10.7. The van der Waals surface area contributed by atoms with Gasteiger partial charge in [0.1, 0.15) is 0 Å². The maximum atomic E-state index is 12.8. The van der Waals surface area contributed by atoms with Crippen LogP contribution in [0.2, 0.25) is 0 Å². The SMILES string of the molecule is CC(NC(=O)c1ccc(S(=O)(=O)N2CCCCCC2)cc1)c1ccccn1. The quantitative estimate of drug-likeness (QED) is 0.855. The molecule has 1 N–H and O–H groups in total. The Bertz CT molecular complexity index is 859. The molecular weight excluding hydrogens is 362 g/mol. The van der Waals surface area contributed by atoms with E-state index in [9.17, 15) is 13.2 Å². The largest absolute Gasteiger partial charge is 0.344 e. The van der Waals surface area contributed by atoms with Crippen molar-refractivity contribution in [2.75, 3.05) is 13.1 Å². The number of carbonyl (C=O) groups excluding carboxylic acids is 1. The Kier molecular flexibility index (Phi) is 6.23. The van der Waals surface area contributed by atoms with Crippen LogP contribution in [0.5, 0.6) is 0 Å². The minimum atomic E-state index is -3.50. The van der Waals surface area contributed by atoms with E-state index < -0.39 is 10.0 Å². The molecule has 1 fully saturated rings. The van der Waals surface area contributed by atoms with Crippen molar-refractivity contribution in [2.24, 2.45) is 0 Å². The molecule has 2 aromatic rings. The summed E-state index contributed by atoms with van der Waals surface area (Å²) in [6.07, 6.45) is 5.61. The molecular formula is C20H25N3O3S. The van der Waals surface area contributed by atoms with Gasteiger partial charge >= 0.3 is 0 Å². The van der Waals surface area contributed by atoms with Crippen LogP contribution in [0.3, 0.4) is 0 Å². The molecule has 3 rings (SSSR count). The number of hydrogen-bond acceptors (Lipinski definition) is 4. The van der Waals surface area contributed by atoms with Crippen LogP contribution in [-0.2, 0) is 10.0 Å². The van der Waals surface area contributed by atoms with Gasteiger partial charge < -0.3 is 5.32 Å². The van der Waals surface area contributed by atoms with E-state index in [1.165, 1.54) is 12.1 Å². The summed E-state index contributed by atoms with van der Waals surface area (Å²) in [6, 6.07) is 11.5. The lowest BCUT2D eigenvalue weighted by atomic mass is 10.1. The summed E-state index contributed by atoms with van der Waals surface area (Å²) in [6.45, 7) is 2.98. The number of pyridine rings is 1. The number of nitrogens with one attached hydrogen (secondary N) is 1. The Morgan fingerprint density at radius 1 is 1.04 bits per heavy atom. The highest BCUT2D eigenvalue weighted by Gasteiger charge is 2.25. The molecule has 1 aromatic heterocycles. The zero-order chi connectivity index (χ0) is 19.3. The summed E-state index contributed by atoms with van der Waals surface area (Å²) in [5.41, 5.74) is 1.19. The fraction of sp³-hybridized carbons (Fsp3) is 0.400. The average molecular weight is 388 g/mol. The lowest BCUT2D eigenvalue weighted by Gasteiger charge is -2.20. The summed E-state index contributed by atoms with van der Waals surface area (Å²) >= 11 is 0. The van der Waals surface area contributed by atoms with Gasteiger partial charge in [-0.3, -0.25) is 9.78 Å². The van der Waals surface area contributed by atoms with Crippen molar-refractivity contribution in [3.05, 3.63) is 59.9 Å². The van der Waals surface area contributed by atoms with Gasteiger partial charge in [0.2, 0.25) is 10.0 Å². The normalized spacial score (nSPS) is 17.1. The average Bonchev–Trinajstić information content (AvgIpc) is 2.99. The van der Waals surface area contributed by atoms with Gasteiger partial charge in [0, 0.05) is 24.8 Å². The van der Waals surface area contributed by atoms with Crippen LogP contribution in [0, 0.1) is 0 Å². The number of nitrogens with zero attached hydrogens (tertiary/aromatic N) is 2. The number of aromatic nitrogens is 1. The third-order valence-electron chi connectivity index (χ3n) is 4.80. The van der Waals surface area contributed by atoms with Gasteiger partial charge in [-0.2, -0.15) is 4.31 Å². The maximum Gasteiger partial charge on any atom is 0.251 e. The summed E-state index contributed by atoms with van der Waals surface area (Å²) < 4.78 is 27.2. The van der Waals surface area contributed by atoms with Crippen LogP contribution in [0.1, 0.15) is 54.7 Å². The summed E-state index contributed by atoms with van der Waals surface area (Å²) in [5.74, 6) is -0.258. The Labute approximate surface area is 160 Å². The molecule has 1 aromatic carbocycles. The smallest absolute Gasteiger partial charge is 0.251 e. The van der Waals surface area contributed by atoms with Gasteiger partial charge in [-0.15, -0.1) is 0 Å². The molecule has 1 aliphatic rings. The molecule has 0 radical (unpaired) electrons. The molecule has 2 heterocycles. The van der Waals surface area contributed by atoms with Gasteiger partial charge in [-0.05, 0) is 56.2 Å². The number of rotatable bonds is 5. The van der Waals surface area contributed by atoms with Crippen LogP contribution in [0.25, 0.3) is 0 Å². The van der Waals surface area contributed by atoms with Crippen molar-refractivity contribution >= 4 is 15.9 Å². The molecule has 0 spiro atoms. The minimum absolute atomic E-state index is 0.235. The number of amides is 1. The van der Waals surface area contributed by atoms with E-state index in [-0.39, 0.29) is 16.8 Å². The summed E-state index contributed by atoms with van der Waals surface area (Å²) in [4.78, 5) is 16.9. The first kappa shape index (κ1) is 19.5. The highest BCUT2D eigenvalue weighted by atomic mass is 32.2. The lowest BCUT2D eigenvalue weighted by Crippen LogP contribution is -2.32. The highest BCUT2D eigenvalue weighted by Crippen LogP contribution is 2.21. The predicted molar refractivity (Wildman–Crippen MR) is 104 cm³/mol. The van der Waals surface area contributed by atoms with Gasteiger partial charge in [-0.25, -0.2) is 8.42 Å². The van der Waals surface area contributed by atoms with E-state index in [1.807, 2.05) is 25.1 Å². The molecule has 1 unspecified atom stereocenters. The van der Waals surface area contributed by atoms with Gasteiger partial charge in [-0.1, -0.05) is 18.9 Å². The van der Waals surface area contributed by atoms with E-state index >= 15 is 0 Å². The minimum Gasteiger partial charge on any atom is -0.344 e. The Morgan fingerprint density at radius 3 is 2.30 bits per heavy atom. The molecule has 0 saturated carbocycles. The lowest BCUT2D eigenvalue weighted by molar-refractivity contribution is 0.0939. The molecule has 1 saturated heterocycles. The number of carbonyl (C=O) groups is 1. The monoisotopic (exact) mass is 387 g/mol. The summed E-state index contributed by atoms with van der Waals surface area (Å²) in [7, 11) is -3.50. The Morgan fingerprint density at radius 2 is 1.70 bits per heavy atom. The van der Waals surface area contributed by atoms with E-state index in [0.29, 0.717) is 18.7 Å². The van der Waals surface area contributed by atoms with Gasteiger partial charge in [0.15, 0.2) is 0 Å². The number of sulfonamides is 1. The zero-order valence-electron chi connectivity index (χ0n) is 15.5. The fourth-order valence-electron chi connectivity index (χ4n) is 3.20. The van der Waals surface area contributed by atoms with Crippen molar-refractivity contribution in [1.82, 2.24) is 14.6 Å². The van der Waals surface area contributed by atoms with Crippen LogP contribution in [0.4, 0.5) is 0 Å². The molecule has 0 bridgehead atoms. The molecule has 7 heteroatoms. The molecule has 0 aliphatic carbocycles. The zero-order valence-corrected chi connectivity index (χ0v) is 16.3. The van der Waals surface area contributed by atoms with E-state index in [0.717, 1.165) is 31.4 Å². The van der Waals surface area contributed by atoms with Crippen LogP contribution in [-0.4, -0.2) is 36.7 Å². The van der Waals surface area contributed by atoms with Crippen molar-refractivity contribution < 1.29 is 13.2 Å². The van der Waals surface area contributed by atoms with E-state index in [2.05, 4.69) is 10.3 Å². The van der Waals surface area contributed by atoms with Crippen molar-refractivity contribution in [2.45, 2.75) is 43.5 Å². The first-order chi connectivity index (χ1) is 13.0. The molecule has 1 aliphatic heterocycles. The molecule has 1 amide bonds. The van der Waals surface area contributed by atoms with Gasteiger partial charge in [0.05, 0.1) is 16.6 Å². The Hall–Kier alpha value is -2.25. The number of hydrogen-bond donors (Lipinski definition) is 1. The summed E-state index contributed by atoms with van der Waals surface area (Å²) in [5, 5.41) is 2.88.